The lowest BCUT2D eigenvalue weighted by atomic mass is 10.1. The molecule has 0 atom stereocenters. The lowest BCUT2D eigenvalue weighted by Gasteiger charge is -2.10. The number of amides is 1. The quantitative estimate of drug-likeness (QED) is 0.776. The highest BCUT2D eigenvalue weighted by molar-refractivity contribution is 6.03. The maximum atomic E-state index is 13.3. The minimum absolute atomic E-state index is 0.278. The van der Waals surface area contributed by atoms with Crippen molar-refractivity contribution < 1.29 is 9.18 Å². The second kappa shape index (κ2) is 7.08. The van der Waals surface area contributed by atoms with Gasteiger partial charge >= 0.3 is 0 Å². The van der Waals surface area contributed by atoms with E-state index in [9.17, 15) is 9.18 Å². The lowest BCUT2D eigenvalue weighted by molar-refractivity contribution is 0.102. The van der Waals surface area contributed by atoms with Crippen molar-refractivity contribution in [2.75, 3.05) is 5.32 Å². The van der Waals surface area contributed by atoms with Crippen LogP contribution < -0.4 is 5.32 Å². The van der Waals surface area contributed by atoms with Crippen LogP contribution in [0.15, 0.2) is 60.8 Å². The van der Waals surface area contributed by atoms with Crippen LogP contribution in [0.4, 0.5) is 10.2 Å². The van der Waals surface area contributed by atoms with Crippen LogP contribution in [0.25, 0.3) is 0 Å². The molecule has 0 bridgehead atoms. The standard InChI is InChI=1S/C19H18FN3O/c1-14-13-16(7-8-17(14)20)19(24)22-18-9-11-21-23(18)12-10-15-5-3-2-4-6-15/h2-9,11,13H,10,12H2,1H3,(H,22,24). The number of carbonyl (C=O) groups excluding carboxylic acids is 1. The van der Waals surface area contributed by atoms with Crippen molar-refractivity contribution in [2.24, 2.45) is 0 Å². The van der Waals surface area contributed by atoms with Gasteiger partial charge in [-0.2, -0.15) is 5.10 Å². The number of anilines is 1. The van der Waals surface area contributed by atoms with Crippen LogP contribution in [0.5, 0.6) is 0 Å². The normalized spacial score (nSPS) is 10.6. The highest BCUT2D eigenvalue weighted by Gasteiger charge is 2.11. The first-order valence-corrected chi connectivity index (χ1v) is 7.77. The van der Waals surface area contributed by atoms with Gasteiger partial charge in [0.1, 0.15) is 11.6 Å². The summed E-state index contributed by atoms with van der Waals surface area (Å²) < 4.78 is 15.1. The fraction of sp³-hybridized carbons (Fsp3) is 0.158. The van der Waals surface area contributed by atoms with Crippen molar-refractivity contribution in [3.63, 3.8) is 0 Å². The number of hydrogen-bond donors (Lipinski definition) is 1. The second-order valence-corrected chi connectivity index (χ2v) is 5.59. The minimum Gasteiger partial charge on any atom is -0.307 e. The first-order valence-electron chi connectivity index (χ1n) is 7.77. The predicted molar refractivity (Wildman–Crippen MR) is 91.5 cm³/mol. The average molecular weight is 323 g/mol. The Balaban J connectivity index is 1.68. The van der Waals surface area contributed by atoms with Gasteiger partial charge in [-0.05, 0) is 42.7 Å². The van der Waals surface area contributed by atoms with Crippen molar-refractivity contribution in [3.05, 3.63) is 83.3 Å². The Labute approximate surface area is 139 Å². The molecule has 2 aromatic carbocycles. The van der Waals surface area contributed by atoms with Gasteiger partial charge in [-0.1, -0.05) is 30.3 Å². The van der Waals surface area contributed by atoms with Gasteiger partial charge in [0.05, 0.1) is 6.20 Å². The van der Waals surface area contributed by atoms with Crippen LogP contribution >= 0.6 is 0 Å². The van der Waals surface area contributed by atoms with Gasteiger partial charge in [0.25, 0.3) is 5.91 Å². The Hall–Kier alpha value is -2.95. The van der Waals surface area contributed by atoms with Gasteiger partial charge < -0.3 is 5.32 Å². The first kappa shape index (κ1) is 15.9. The molecule has 0 saturated heterocycles. The molecular weight excluding hydrogens is 305 g/mol. The zero-order chi connectivity index (χ0) is 16.9. The van der Waals surface area contributed by atoms with Crippen LogP contribution in [0.2, 0.25) is 0 Å². The third-order valence-corrected chi connectivity index (χ3v) is 3.83. The largest absolute Gasteiger partial charge is 0.307 e. The summed E-state index contributed by atoms with van der Waals surface area (Å²) in [5, 5.41) is 7.08. The molecule has 0 saturated carbocycles. The van der Waals surface area contributed by atoms with Gasteiger partial charge in [0, 0.05) is 18.2 Å². The molecule has 3 aromatic rings. The van der Waals surface area contributed by atoms with E-state index in [0.717, 1.165) is 6.42 Å². The summed E-state index contributed by atoms with van der Waals surface area (Å²) in [5.74, 6) is 0.0249. The molecule has 0 aliphatic carbocycles. The van der Waals surface area contributed by atoms with Crippen molar-refractivity contribution >= 4 is 11.7 Å². The molecule has 1 heterocycles. The van der Waals surface area contributed by atoms with Gasteiger partial charge in [-0.3, -0.25) is 4.79 Å². The molecule has 3 rings (SSSR count). The number of nitrogens with zero attached hydrogens (tertiary/aromatic N) is 2. The number of aromatic nitrogens is 2. The van der Waals surface area contributed by atoms with Crippen molar-refractivity contribution in [1.82, 2.24) is 9.78 Å². The van der Waals surface area contributed by atoms with Crippen LogP contribution in [0, 0.1) is 12.7 Å². The summed E-state index contributed by atoms with van der Waals surface area (Å²) in [6.07, 6.45) is 2.47. The van der Waals surface area contributed by atoms with Crippen LogP contribution in [0.3, 0.4) is 0 Å². The summed E-state index contributed by atoms with van der Waals surface area (Å²) in [7, 11) is 0. The number of hydrogen-bond acceptors (Lipinski definition) is 2. The summed E-state index contributed by atoms with van der Waals surface area (Å²) >= 11 is 0. The van der Waals surface area contributed by atoms with Gasteiger partial charge in [-0.15, -0.1) is 0 Å². The Bertz CT molecular complexity index is 843. The SMILES string of the molecule is Cc1cc(C(=O)Nc2ccnn2CCc2ccccc2)ccc1F. The maximum Gasteiger partial charge on any atom is 0.256 e. The second-order valence-electron chi connectivity index (χ2n) is 5.59. The van der Waals surface area contributed by atoms with E-state index in [2.05, 4.69) is 22.5 Å². The van der Waals surface area contributed by atoms with Crippen LogP contribution in [-0.2, 0) is 13.0 Å². The van der Waals surface area contributed by atoms with Crippen molar-refractivity contribution in [2.45, 2.75) is 19.9 Å². The topological polar surface area (TPSA) is 46.9 Å². The number of halogens is 1. The van der Waals surface area contributed by atoms with Gasteiger partial charge in [0.2, 0.25) is 0 Å². The fourth-order valence-corrected chi connectivity index (χ4v) is 2.47. The molecule has 122 valence electrons. The molecular formula is C19H18FN3O. The molecule has 5 heteroatoms. The molecule has 4 nitrogen and oxygen atoms in total. The van der Waals surface area contributed by atoms with E-state index in [1.54, 1.807) is 23.9 Å². The zero-order valence-electron chi connectivity index (χ0n) is 13.4. The number of carbonyl (C=O) groups is 1. The number of benzene rings is 2. The molecule has 0 radical (unpaired) electrons. The first-order chi connectivity index (χ1) is 11.6. The Morgan fingerprint density at radius 2 is 1.96 bits per heavy atom. The Morgan fingerprint density at radius 3 is 2.71 bits per heavy atom. The minimum atomic E-state index is -0.320. The maximum absolute atomic E-state index is 13.3. The monoisotopic (exact) mass is 323 g/mol. The molecule has 0 unspecified atom stereocenters. The molecule has 0 aliphatic heterocycles. The molecule has 24 heavy (non-hydrogen) atoms. The molecule has 1 aromatic heterocycles. The Kier molecular flexibility index (Phi) is 4.70. The summed E-state index contributed by atoms with van der Waals surface area (Å²) in [6, 6.07) is 16.2. The van der Waals surface area contributed by atoms with Crippen molar-refractivity contribution in [1.29, 1.82) is 0 Å². The third-order valence-electron chi connectivity index (χ3n) is 3.83. The van der Waals surface area contributed by atoms with E-state index in [-0.39, 0.29) is 11.7 Å². The molecule has 1 amide bonds. The number of aryl methyl sites for hydroxylation is 3. The Morgan fingerprint density at radius 1 is 1.17 bits per heavy atom. The molecule has 1 N–H and O–H groups in total. The van der Waals surface area contributed by atoms with E-state index in [1.807, 2.05) is 18.2 Å². The van der Waals surface area contributed by atoms with Gasteiger partial charge in [0.15, 0.2) is 0 Å². The molecule has 0 spiro atoms. The molecule has 0 aliphatic rings. The van der Waals surface area contributed by atoms with E-state index in [0.29, 0.717) is 23.5 Å². The van der Waals surface area contributed by atoms with E-state index in [1.165, 1.54) is 23.8 Å². The third kappa shape index (κ3) is 3.68. The van der Waals surface area contributed by atoms with Crippen molar-refractivity contribution in [3.8, 4) is 0 Å². The summed E-state index contributed by atoms with van der Waals surface area (Å²) in [4.78, 5) is 12.3. The predicted octanol–water partition coefficient (Wildman–Crippen LogP) is 3.83. The summed E-state index contributed by atoms with van der Waals surface area (Å²) in [5.41, 5.74) is 2.07. The van der Waals surface area contributed by atoms with E-state index in [4.69, 9.17) is 0 Å². The zero-order valence-corrected chi connectivity index (χ0v) is 13.4. The van der Waals surface area contributed by atoms with E-state index >= 15 is 0 Å². The smallest absolute Gasteiger partial charge is 0.256 e. The highest BCUT2D eigenvalue weighted by atomic mass is 19.1. The number of rotatable bonds is 5. The van der Waals surface area contributed by atoms with Crippen LogP contribution in [0.1, 0.15) is 21.5 Å². The van der Waals surface area contributed by atoms with E-state index < -0.39 is 0 Å². The highest BCUT2D eigenvalue weighted by Crippen LogP contribution is 2.13. The lowest BCUT2D eigenvalue weighted by Crippen LogP contribution is -2.16. The summed E-state index contributed by atoms with van der Waals surface area (Å²) in [6.45, 7) is 2.30. The molecule has 0 fully saturated rings. The average Bonchev–Trinajstić information content (AvgIpc) is 3.03. The fourth-order valence-electron chi connectivity index (χ4n) is 2.47. The van der Waals surface area contributed by atoms with Gasteiger partial charge in [-0.25, -0.2) is 9.07 Å². The number of nitrogens with one attached hydrogen (secondary N) is 1. The van der Waals surface area contributed by atoms with Crippen LogP contribution in [-0.4, -0.2) is 15.7 Å².